The van der Waals surface area contributed by atoms with E-state index < -0.39 is 0 Å². The molecule has 0 bridgehead atoms. The van der Waals surface area contributed by atoms with Crippen LogP contribution in [0.4, 0.5) is 0 Å². The average Bonchev–Trinajstić information content (AvgIpc) is 2.27. The Morgan fingerprint density at radius 3 is 2.62 bits per heavy atom. The molecule has 1 aromatic rings. The maximum absolute atomic E-state index is 10.9. The van der Waals surface area contributed by atoms with Crippen LogP contribution in [-0.2, 0) is 4.79 Å². The van der Waals surface area contributed by atoms with Gasteiger partial charge in [-0.15, -0.1) is 0 Å². The van der Waals surface area contributed by atoms with Crippen molar-refractivity contribution in [3.63, 3.8) is 0 Å². The van der Waals surface area contributed by atoms with Crippen molar-refractivity contribution in [2.45, 2.75) is 13.8 Å². The molecule has 0 N–H and O–H groups in total. The monoisotopic (exact) mass is 282 g/mol. The third-order valence-electron chi connectivity index (χ3n) is 2.33. The lowest BCUT2D eigenvalue weighted by Gasteiger charge is -2.07. The molecule has 0 saturated heterocycles. The van der Waals surface area contributed by atoms with E-state index in [4.69, 9.17) is 4.74 Å². The summed E-state index contributed by atoms with van der Waals surface area (Å²) in [6.45, 7) is 3.99. The largest absolute Gasteiger partial charge is 0.497 e. The lowest BCUT2D eigenvalue weighted by atomic mass is 10.0. The van der Waals surface area contributed by atoms with Crippen LogP contribution in [-0.4, -0.2) is 13.4 Å². The predicted octanol–water partition coefficient (Wildman–Crippen LogP) is 3.70. The van der Waals surface area contributed by atoms with Gasteiger partial charge in [-0.05, 0) is 41.3 Å². The number of benzene rings is 1. The molecule has 0 heterocycles. The molecule has 0 radical (unpaired) electrons. The van der Waals surface area contributed by atoms with Gasteiger partial charge in [-0.3, -0.25) is 4.79 Å². The lowest BCUT2D eigenvalue weighted by Crippen LogP contribution is -1.95. The van der Waals surface area contributed by atoms with Gasteiger partial charge in [0.05, 0.1) is 7.11 Å². The van der Waals surface area contributed by atoms with Gasteiger partial charge in [0.1, 0.15) is 12.0 Å². The maximum atomic E-state index is 10.9. The van der Waals surface area contributed by atoms with Crippen molar-refractivity contribution in [1.82, 2.24) is 0 Å². The highest BCUT2D eigenvalue weighted by Crippen LogP contribution is 2.25. The number of methoxy groups -OCH3 is 1. The van der Waals surface area contributed by atoms with E-state index in [1.165, 1.54) is 0 Å². The van der Waals surface area contributed by atoms with Gasteiger partial charge in [-0.1, -0.05) is 29.8 Å². The molecule has 1 rings (SSSR count). The molecular formula is C13H15BrO2. The molecule has 0 aliphatic carbocycles. The second-order valence-electron chi connectivity index (χ2n) is 3.80. The average molecular weight is 283 g/mol. The Labute approximate surface area is 104 Å². The van der Waals surface area contributed by atoms with Crippen molar-refractivity contribution in [2.24, 2.45) is 5.92 Å². The Hall–Kier alpha value is -1.09. The Kier molecular flexibility index (Phi) is 4.74. The SMILES string of the molecule is COc1ccc(Br)c(/C=C(/C=O)C(C)C)c1. The zero-order chi connectivity index (χ0) is 12.1. The summed E-state index contributed by atoms with van der Waals surface area (Å²) < 4.78 is 6.10. The lowest BCUT2D eigenvalue weighted by molar-refractivity contribution is -0.105. The normalized spacial score (nSPS) is 11.7. The van der Waals surface area contributed by atoms with Crippen LogP contribution in [0.5, 0.6) is 5.75 Å². The number of aldehydes is 1. The standard InChI is InChI=1S/C13H15BrO2/c1-9(2)11(8-15)6-10-7-12(16-3)4-5-13(10)14/h4-9H,1-3H3/b11-6-. The molecule has 3 heteroatoms. The van der Waals surface area contributed by atoms with E-state index in [2.05, 4.69) is 15.9 Å². The molecule has 86 valence electrons. The van der Waals surface area contributed by atoms with Crippen LogP contribution in [0.15, 0.2) is 28.2 Å². The van der Waals surface area contributed by atoms with Gasteiger partial charge in [-0.2, -0.15) is 0 Å². The van der Waals surface area contributed by atoms with E-state index in [9.17, 15) is 4.79 Å². The van der Waals surface area contributed by atoms with Gasteiger partial charge >= 0.3 is 0 Å². The van der Waals surface area contributed by atoms with Crippen molar-refractivity contribution < 1.29 is 9.53 Å². The van der Waals surface area contributed by atoms with Crippen molar-refractivity contribution in [3.8, 4) is 5.75 Å². The molecule has 0 spiro atoms. The van der Waals surface area contributed by atoms with Crippen molar-refractivity contribution in [1.29, 1.82) is 0 Å². The number of ether oxygens (including phenoxy) is 1. The summed E-state index contributed by atoms with van der Waals surface area (Å²) in [6, 6.07) is 5.68. The van der Waals surface area contributed by atoms with Gasteiger partial charge in [-0.25, -0.2) is 0 Å². The number of allylic oxidation sites excluding steroid dienone is 1. The van der Waals surface area contributed by atoms with Crippen LogP contribution in [0.3, 0.4) is 0 Å². The number of rotatable bonds is 4. The fraction of sp³-hybridized carbons (Fsp3) is 0.308. The van der Waals surface area contributed by atoms with Crippen molar-refractivity contribution >= 4 is 28.3 Å². The third kappa shape index (κ3) is 3.20. The first-order valence-electron chi connectivity index (χ1n) is 5.08. The maximum Gasteiger partial charge on any atom is 0.146 e. The summed E-state index contributed by atoms with van der Waals surface area (Å²) >= 11 is 3.45. The number of carbonyl (C=O) groups excluding carboxylic acids is 1. The number of carbonyl (C=O) groups is 1. The zero-order valence-electron chi connectivity index (χ0n) is 9.66. The summed E-state index contributed by atoms with van der Waals surface area (Å²) in [7, 11) is 1.62. The molecule has 16 heavy (non-hydrogen) atoms. The van der Waals surface area contributed by atoms with Crippen LogP contribution >= 0.6 is 15.9 Å². The molecule has 1 aromatic carbocycles. The highest BCUT2D eigenvalue weighted by molar-refractivity contribution is 9.10. The fourth-order valence-corrected chi connectivity index (χ4v) is 1.64. The second kappa shape index (κ2) is 5.85. The summed E-state index contributed by atoms with van der Waals surface area (Å²) in [5.74, 6) is 0.999. The summed E-state index contributed by atoms with van der Waals surface area (Å²) in [5, 5.41) is 0. The summed E-state index contributed by atoms with van der Waals surface area (Å²) in [5.41, 5.74) is 1.73. The molecule has 2 nitrogen and oxygen atoms in total. The number of halogens is 1. The van der Waals surface area contributed by atoms with Crippen LogP contribution < -0.4 is 4.74 Å². The third-order valence-corrected chi connectivity index (χ3v) is 3.05. The Bertz CT molecular complexity index is 408. The molecule has 0 fully saturated rings. The highest BCUT2D eigenvalue weighted by Gasteiger charge is 2.05. The first-order chi connectivity index (χ1) is 7.58. The summed E-state index contributed by atoms with van der Waals surface area (Å²) in [6.07, 6.45) is 2.78. The fourth-order valence-electron chi connectivity index (χ4n) is 1.28. The first-order valence-corrected chi connectivity index (χ1v) is 5.88. The van der Waals surface area contributed by atoms with Crippen molar-refractivity contribution in [3.05, 3.63) is 33.8 Å². The predicted molar refractivity (Wildman–Crippen MR) is 69.6 cm³/mol. The van der Waals surface area contributed by atoms with E-state index in [-0.39, 0.29) is 5.92 Å². The van der Waals surface area contributed by atoms with Crippen LogP contribution in [0, 0.1) is 5.92 Å². The molecule has 0 aliphatic heterocycles. The second-order valence-corrected chi connectivity index (χ2v) is 4.66. The minimum Gasteiger partial charge on any atom is -0.497 e. The van der Waals surface area contributed by atoms with Gasteiger partial charge in [0.25, 0.3) is 0 Å². The van der Waals surface area contributed by atoms with Crippen molar-refractivity contribution in [2.75, 3.05) is 7.11 Å². The molecule has 0 amide bonds. The van der Waals surface area contributed by atoms with E-state index in [1.54, 1.807) is 7.11 Å². The van der Waals surface area contributed by atoms with E-state index in [0.717, 1.165) is 27.6 Å². The van der Waals surface area contributed by atoms with Crippen LogP contribution in [0.1, 0.15) is 19.4 Å². The van der Waals surface area contributed by atoms with E-state index in [1.807, 2.05) is 38.1 Å². The molecule has 0 aliphatic rings. The van der Waals surface area contributed by atoms with Crippen LogP contribution in [0.25, 0.3) is 6.08 Å². The Morgan fingerprint density at radius 2 is 2.12 bits per heavy atom. The minimum atomic E-state index is 0.218. The van der Waals surface area contributed by atoms with Gasteiger partial charge < -0.3 is 4.74 Å². The quantitative estimate of drug-likeness (QED) is 0.622. The van der Waals surface area contributed by atoms with Gasteiger partial charge in [0.15, 0.2) is 0 Å². The Morgan fingerprint density at radius 1 is 1.44 bits per heavy atom. The van der Waals surface area contributed by atoms with E-state index in [0.29, 0.717) is 0 Å². The molecule has 0 unspecified atom stereocenters. The first kappa shape index (κ1) is 13.0. The number of hydrogen-bond donors (Lipinski definition) is 0. The van der Waals surface area contributed by atoms with Crippen LogP contribution in [0.2, 0.25) is 0 Å². The van der Waals surface area contributed by atoms with Gasteiger partial charge in [0, 0.05) is 4.47 Å². The number of hydrogen-bond acceptors (Lipinski definition) is 2. The van der Waals surface area contributed by atoms with Gasteiger partial charge in [0.2, 0.25) is 0 Å². The molecule has 0 aromatic heterocycles. The highest BCUT2D eigenvalue weighted by atomic mass is 79.9. The zero-order valence-corrected chi connectivity index (χ0v) is 11.2. The Balaban J connectivity index is 3.16. The molecular weight excluding hydrogens is 268 g/mol. The smallest absolute Gasteiger partial charge is 0.146 e. The minimum absolute atomic E-state index is 0.218. The molecule has 0 saturated carbocycles. The summed E-state index contributed by atoms with van der Waals surface area (Å²) in [4.78, 5) is 10.9. The molecule has 0 atom stereocenters. The topological polar surface area (TPSA) is 26.3 Å². The van der Waals surface area contributed by atoms with E-state index >= 15 is 0 Å².